The van der Waals surface area contributed by atoms with Crippen LogP contribution in [0.2, 0.25) is 0 Å². The van der Waals surface area contributed by atoms with Gasteiger partial charge < -0.3 is 9.80 Å². The number of halogens is 2. The van der Waals surface area contributed by atoms with Crippen LogP contribution in [0.3, 0.4) is 0 Å². The Morgan fingerprint density at radius 1 is 0.596 bits per heavy atom. The second-order valence-corrected chi connectivity index (χ2v) is 17.6. The summed E-state index contributed by atoms with van der Waals surface area (Å²) >= 11 is -1.77. The molecule has 0 aliphatic carbocycles. The zero-order chi connectivity index (χ0) is 33.2. The quantitative estimate of drug-likeness (QED) is 0.110. The number of anilines is 2. The van der Waals surface area contributed by atoms with Gasteiger partial charge in [-0.15, -0.1) is 0 Å². The minimum Gasteiger partial charge on any atom is -0.502 e. The van der Waals surface area contributed by atoms with Crippen LogP contribution in [-0.4, -0.2) is 23.8 Å². The molecule has 0 unspecified atom stereocenters. The van der Waals surface area contributed by atoms with Gasteiger partial charge in [-0.3, -0.25) is 0 Å². The van der Waals surface area contributed by atoms with E-state index >= 15 is 0 Å². The smallest absolute Gasteiger partial charge is 0.0125 e. The molecule has 0 bridgehead atoms. The van der Waals surface area contributed by atoms with Crippen molar-refractivity contribution < 1.29 is 18.3 Å². The molecular weight excluding hydrogens is 708 g/mol. The molecule has 47 heavy (non-hydrogen) atoms. The zero-order valence-electron chi connectivity index (χ0n) is 27.4. The Hall–Kier alpha value is -3.43. The van der Waals surface area contributed by atoms with E-state index in [9.17, 15) is 0 Å². The number of para-hydroxylation sites is 3. The Morgan fingerprint density at radius 2 is 1.02 bits per heavy atom. The van der Waals surface area contributed by atoms with Crippen LogP contribution in [0, 0.1) is 6.67 Å². The molecule has 6 heteroatoms. The summed E-state index contributed by atoms with van der Waals surface area (Å²) in [6.07, 6.45) is 0.163. The minimum absolute atomic E-state index is 0.163. The normalized spacial score (nSPS) is 14.2. The van der Waals surface area contributed by atoms with Crippen molar-refractivity contribution in [3.8, 4) is 5.75 Å². The van der Waals surface area contributed by atoms with E-state index in [-0.39, 0.29) is 6.10 Å². The summed E-state index contributed by atoms with van der Waals surface area (Å²) < 4.78 is 7.51. The van der Waals surface area contributed by atoms with Gasteiger partial charge in [0.05, 0.1) is 0 Å². The predicted molar refractivity (Wildman–Crippen MR) is 199 cm³/mol. The van der Waals surface area contributed by atoms with E-state index in [1.165, 1.54) is 33.6 Å². The van der Waals surface area contributed by atoms with Crippen molar-refractivity contribution in [1.82, 2.24) is 0 Å². The van der Waals surface area contributed by atoms with Gasteiger partial charge in [0.25, 0.3) is 0 Å². The molecule has 6 rings (SSSR count). The summed E-state index contributed by atoms with van der Waals surface area (Å²) in [5.74, 6) is 1.54. The molecule has 0 saturated carbocycles. The summed E-state index contributed by atoms with van der Waals surface area (Å²) in [6, 6.07) is 47.0. The van der Waals surface area contributed by atoms with Crippen molar-refractivity contribution in [3.63, 3.8) is 0 Å². The van der Waals surface area contributed by atoms with Crippen molar-refractivity contribution in [3.05, 3.63) is 168 Å². The Kier molecular flexibility index (Phi) is 12.7. The molecule has 2 atom stereocenters. The van der Waals surface area contributed by atoms with Crippen LogP contribution in [0.1, 0.15) is 67.3 Å². The molecule has 0 amide bonds. The molecule has 1 aliphatic heterocycles. The largest absolute Gasteiger partial charge is 0.502 e. The first-order valence-corrected chi connectivity index (χ1v) is 21.5. The number of rotatable bonds is 9. The van der Waals surface area contributed by atoms with Crippen LogP contribution >= 0.6 is 19.4 Å². The van der Waals surface area contributed by atoms with Gasteiger partial charge in [0, 0.05) is 36.3 Å². The van der Waals surface area contributed by atoms with Gasteiger partial charge in [-0.25, -0.2) is 0 Å². The Labute approximate surface area is 294 Å². The van der Waals surface area contributed by atoms with E-state index < -0.39 is 13.5 Å². The molecule has 246 valence electrons. The van der Waals surface area contributed by atoms with Crippen LogP contribution in [0.5, 0.6) is 5.75 Å². The van der Waals surface area contributed by atoms with Gasteiger partial charge in [-0.2, -0.15) is 6.67 Å². The third-order valence-electron chi connectivity index (χ3n) is 8.35. The van der Waals surface area contributed by atoms with Gasteiger partial charge in [-0.05, 0) is 34.4 Å². The van der Waals surface area contributed by atoms with Gasteiger partial charge in [0.2, 0.25) is 0 Å². The molecule has 1 saturated heterocycles. The minimum atomic E-state index is -1.77. The van der Waals surface area contributed by atoms with E-state index in [2.05, 4.69) is 140 Å². The van der Waals surface area contributed by atoms with Crippen LogP contribution in [0.4, 0.5) is 11.4 Å². The second kappa shape index (κ2) is 17.1. The third kappa shape index (κ3) is 9.35. The molecule has 3 nitrogen and oxygen atoms in total. The van der Waals surface area contributed by atoms with Crippen molar-refractivity contribution in [2.45, 2.75) is 45.6 Å². The van der Waals surface area contributed by atoms with E-state index in [4.69, 9.17) is 24.1 Å². The number of hydrogen-bond acceptors (Lipinski definition) is 3. The maximum atomic E-state index is 5.82. The maximum absolute atomic E-state index is 5.82. The van der Waals surface area contributed by atoms with Crippen molar-refractivity contribution in [2.24, 2.45) is 0 Å². The number of benzene rings is 5. The van der Waals surface area contributed by atoms with Gasteiger partial charge in [-0.1, -0.05) is 111 Å². The first-order chi connectivity index (χ1) is 22.8. The van der Waals surface area contributed by atoms with Crippen molar-refractivity contribution in [1.29, 1.82) is 0 Å². The van der Waals surface area contributed by atoms with Crippen LogP contribution in [-0.2, 0) is 13.5 Å². The Morgan fingerprint density at radius 3 is 1.49 bits per heavy atom. The second-order valence-electron chi connectivity index (χ2n) is 11.9. The first kappa shape index (κ1) is 34.9. The molecule has 0 spiro atoms. The molecule has 1 aliphatic rings. The van der Waals surface area contributed by atoms with Crippen LogP contribution < -0.4 is 14.5 Å². The molecule has 1 heterocycles. The average Bonchev–Trinajstić information content (AvgIpc) is 3.59. The first-order valence-electron chi connectivity index (χ1n) is 16.1. The van der Waals surface area contributed by atoms with Crippen molar-refractivity contribution >= 4 is 35.4 Å². The number of hydrogen-bond donors (Lipinski definition) is 0. The Bertz CT molecular complexity index is 1650. The summed E-state index contributed by atoms with van der Waals surface area (Å²) in [7, 11) is 11.6. The molecular formula is C41H43Cl2N2ORu-. The van der Waals surface area contributed by atoms with Gasteiger partial charge in [0.1, 0.15) is 0 Å². The van der Waals surface area contributed by atoms with E-state index in [0.29, 0.717) is 11.8 Å². The van der Waals surface area contributed by atoms with Crippen LogP contribution in [0.25, 0.3) is 0 Å². The van der Waals surface area contributed by atoms with E-state index in [0.717, 1.165) is 24.4 Å². The average molecular weight is 752 g/mol. The summed E-state index contributed by atoms with van der Waals surface area (Å²) in [5, 5.41) is 0. The summed E-state index contributed by atoms with van der Waals surface area (Å²) in [5.41, 5.74) is 9.02. The van der Waals surface area contributed by atoms with Gasteiger partial charge >= 0.3 is 97.8 Å². The maximum Gasteiger partial charge on any atom is 0.0125 e. The predicted octanol–water partition coefficient (Wildman–Crippen LogP) is 11.0. The Balaban J connectivity index is 0.000000261. The SMILES string of the molecule is CC(C)Oc1ccccc1[CH]=[Ru]([Cl])[Cl].C[C@@H](c1ccccc1)c1ccccc1N1[CH-]N(c2ccccc2[C@@H](C)c2ccccc2)CC1. The van der Waals surface area contributed by atoms with E-state index in [1.54, 1.807) is 0 Å². The molecule has 0 aromatic heterocycles. The molecule has 0 N–H and O–H groups in total. The topological polar surface area (TPSA) is 15.7 Å². The molecule has 0 radical (unpaired) electrons. The number of ether oxygens (including phenoxy) is 1. The fraction of sp³-hybridized carbons (Fsp3) is 0.220. The van der Waals surface area contributed by atoms with Gasteiger partial charge in [0.15, 0.2) is 0 Å². The third-order valence-corrected chi connectivity index (χ3v) is 10.2. The summed E-state index contributed by atoms with van der Waals surface area (Å²) in [6.45, 7) is 12.9. The molecule has 5 aromatic carbocycles. The van der Waals surface area contributed by atoms with Crippen LogP contribution in [0.15, 0.2) is 133 Å². The monoisotopic (exact) mass is 751 g/mol. The molecule has 5 aromatic rings. The molecule has 1 fully saturated rings. The fourth-order valence-electron chi connectivity index (χ4n) is 5.95. The van der Waals surface area contributed by atoms with E-state index in [1.807, 2.05) is 42.7 Å². The van der Waals surface area contributed by atoms with Crippen molar-refractivity contribution in [2.75, 3.05) is 22.9 Å². The standard InChI is InChI=1S/C31H31N2.C10H12O.2ClH.Ru/c1-24(26-13-5-3-6-14-26)28-17-9-11-19-30(28)32-21-22-33(23-32)31-20-12-10-18-29(31)25(2)27-15-7-4-8-16-27;1-8(2)11-10-7-5-4-6-9(10)3;;;/h3-20,23-25H,21-22H2,1-2H3;3-8H,1-2H3;2*1H;/q-1;;;;+2/p-2/t24-,25-;;;;/m0..../s1. The zero-order valence-corrected chi connectivity index (χ0v) is 30.7. The fourth-order valence-corrected chi connectivity index (χ4v) is 7.75. The summed E-state index contributed by atoms with van der Waals surface area (Å²) in [4.78, 5) is 4.83. The number of nitrogens with zero attached hydrogens (tertiary/aromatic N) is 2.